The van der Waals surface area contributed by atoms with Crippen molar-refractivity contribution in [2.24, 2.45) is 5.92 Å². The van der Waals surface area contributed by atoms with Gasteiger partial charge in [0.2, 0.25) is 15.9 Å². The van der Waals surface area contributed by atoms with Crippen molar-refractivity contribution >= 4 is 15.9 Å². The lowest BCUT2D eigenvalue weighted by molar-refractivity contribution is -0.131. The zero-order chi connectivity index (χ0) is 15.2. The molecule has 1 saturated heterocycles. The van der Waals surface area contributed by atoms with Crippen molar-refractivity contribution in [3.8, 4) is 0 Å². The third kappa shape index (κ3) is 6.22. The Morgan fingerprint density at radius 1 is 1.15 bits per heavy atom. The van der Waals surface area contributed by atoms with Crippen molar-refractivity contribution < 1.29 is 13.2 Å². The quantitative estimate of drug-likeness (QED) is 0.750. The predicted molar refractivity (Wildman–Crippen MR) is 80.9 cm³/mol. The Morgan fingerprint density at radius 2 is 1.70 bits per heavy atom. The van der Waals surface area contributed by atoms with Gasteiger partial charge in [0.05, 0.1) is 12.8 Å². The summed E-state index contributed by atoms with van der Waals surface area (Å²) in [5.74, 6) is 0.369. The molecule has 1 rings (SSSR count). The average Bonchev–Trinajstić information content (AvgIpc) is 2.61. The molecule has 1 aliphatic heterocycles. The summed E-state index contributed by atoms with van der Waals surface area (Å²) < 4.78 is 24.9. The highest BCUT2D eigenvalue weighted by Crippen LogP contribution is 2.12. The van der Waals surface area contributed by atoms with Crippen LogP contribution in [-0.4, -0.2) is 56.0 Å². The molecule has 1 heterocycles. The van der Waals surface area contributed by atoms with E-state index in [0.717, 1.165) is 45.2 Å². The molecule has 0 spiro atoms. The lowest BCUT2D eigenvalue weighted by Crippen LogP contribution is -2.43. The number of carbonyl (C=O) groups is 1. The summed E-state index contributed by atoms with van der Waals surface area (Å²) in [6, 6.07) is 0. The maximum absolute atomic E-state index is 12.3. The average molecular weight is 304 g/mol. The van der Waals surface area contributed by atoms with Crippen molar-refractivity contribution in [1.82, 2.24) is 9.21 Å². The zero-order valence-corrected chi connectivity index (χ0v) is 13.8. The van der Waals surface area contributed by atoms with E-state index in [-0.39, 0.29) is 12.5 Å². The molecule has 0 aromatic heterocycles. The van der Waals surface area contributed by atoms with Gasteiger partial charge < -0.3 is 4.90 Å². The van der Waals surface area contributed by atoms with Crippen molar-refractivity contribution in [3.63, 3.8) is 0 Å². The highest BCUT2D eigenvalue weighted by atomic mass is 32.2. The lowest BCUT2D eigenvalue weighted by atomic mass is 10.1. The fourth-order valence-electron chi connectivity index (χ4n) is 2.34. The number of amides is 1. The number of hydrogen-bond acceptors (Lipinski definition) is 3. The third-order valence-electron chi connectivity index (χ3n) is 3.70. The Kier molecular flexibility index (Phi) is 6.95. The lowest BCUT2D eigenvalue weighted by Gasteiger charge is -2.25. The van der Waals surface area contributed by atoms with Gasteiger partial charge in [-0.05, 0) is 25.2 Å². The normalized spacial score (nSPS) is 17.6. The molecule has 118 valence electrons. The molecule has 5 nitrogen and oxygen atoms in total. The van der Waals surface area contributed by atoms with Crippen LogP contribution in [0.25, 0.3) is 0 Å². The molecular weight excluding hydrogens is 276 g/mol. The van der Waals surface area contributed by atoms with Crippen LogP contribution in [0.4, 0.5) is 0 Å². The van der Waals surface area contributed by atoms with Gasteiger partial charge in [0.1, 0.15) is 0 Å². The minimum Gasteiger partial charge on any atom is -0.342 e. The molecular formula is C14H28N2O3S. The van der Waals surface area contributed by atoms with Crippen LogP contribution in [0.1, 0.15) is 46.0 Å². The maximum Gasteiger partial charge on any atom is 0.237 e. The van der Waals surface area contributed by atoms with Gasteiger partial charge in [0.15, 0.2) is 0 Å². The molecule has 0 bridgehead atoms. The van der Waals surface area contributed by atoms with Gasteiger partial charge in [-0.2, -0.15) is 4.31 Å². The van der Waals surface area contributed by atoms with E-state index in [4.69, 9.17) is 0 Å². The Balaban J connectivity index is 2.61. The van der Waals surface area contributed by atoms with Gasteiger partial charge in [-0.3, -0.25) is 4.79 Å². The van der Waals surface area contributed by atoms with Crippen molar-refractivity contribution in [1.29, 1.82) is 0 Å². The summed E-state index contributed by atoms with van der Waals surface area (Å²) in [4.78, 5) is 14.1. The van der Waals surface area contributed by atoms with Crippen LogP contribution in [0.5, 0.6) is 0 Å². The largest absolute Gasteiger partial charge is 0.342 e. The summed E-state index contributed by atoms with van der Waals surface area (Å²) in [6.45, 7) is 6.05. The number of sulfonamides is 1. The van der Waals surface area contributed by atoms with Crippen LogP contribution in [0.3, 0.4) is 0 Å². The number of hydrogen-bond donors (Lipinski definition) is 0. The molecule has 6 heteroatoms. The topological polar surface area (TPSA) is 57.7 Å². The summed E-state index contributed by atoms with van der Waals surface area (Å²) in [5.41, 5.74) is 0. The first-order chi connectivity index (χ1) is 9.30. The second kappa shape index (κ2) is 7.98. The monoisotopic (exact) mass is 304 g/mol. The summed E-state index contributed by atoms with van der Waals surface area (Å²) in [7, 11) is -3.32. The van der Waals surface area contributed by atoms with Crippen LogP contribution < -0.4 is 0 Å². The van der Waals surface area contributed by atoms with Crippen LogP contribution in [0.2, 0.25) is 0 Å². The molecule has 0 aromatic rings. The Hall–Kier alpha value is -0.620. The number of likely N-dealkylation sites (tertiary alicyclic amines) is 1. The summed E-state index contributed by atoms with van der Waals surface area (Å²) >= 11 is 0. The minimum absolute atomic E-state index is 0.00838. The predicted octanol–water partition coefficient (Wildman–Crippen LogP) is 1.70. The Labute approximate surface area is 123 Å². The first kappa shape index (κ1) is 17.4. The van der Waals surface area contributed by atoms with E-state index in [0.29, 0.717) is 12.5 Å². The van der Waals surface area contributed by atoms with Crippen molar-refractivity contribution in [3.05, 3.63) is 0 Å². The first-order valence-corrected chi connectivity index (χ1v) is 9.38. The van der Waals surface area contributed by atoms with E-state index >= 15 is 0 Å². The molecule has 0 unspecified atom stereocenters. The van der Waals surface area contributed by atoms with E-state index in [9.17, 15) is 13.2 Å². The third-order valence-corrected chi connectivity index (χ3v) is 4.94. The second-order valence-electron chi connectivity index (χ2n) is 6.07. The number of carbonyl (C=O) groups excluding carboxylic acids is 1. The van der Waals surface area contributed by atoms with E-state index in [1.165, 1.54) is 10.6 Å². The molecule has 0 N–H and O–H groups in total. The molecule has 1 fully saturated rings. The fraction of sp³-hybridized carbons (Fsp3) is 0.929. The fourth-order valence-corrected chi connectivity index (χ4v) is 3.12. The highest BCUT2D eigenvalue weighted by Gasteiger charge is 2.23. The van der Waals surface area contributed by atoms with Gasteiger partial charge in [-0.1, -0.05) is 26.7 Å². The summed E-state index contributed by atoms with van der Waals surface area (Å²) in [5, 5.41) is 0. The van der Waals surface area contributed by atoms with Crippen molar-refractivity contribution in [2.75, 3.05) is 32.4 Å². The molecule has 1 amide bonds. The Morgan fingerprint density at radius 3 is 2.15 bits per heavy atom. The maximum atomic E-state index is 12.3. The first-order valence-electron chi connectivity index (χ1n) is 7.53. The van der Waals surface area contributed by atoms with E-state index in [2.05, 4.69) is 13.8 Å². The van der Waals surface area contributed by atoms with Crippen molar-refractivity contribution in [2.45, 2.75) is 46.0 Å². The van der Waals surface area contributed by atoms with Crippen LogP contribution in [-0.2, 0) is 14.8 Å². The Bertz CT molecular complexity index is 399. The minimum atomic E-state index is -3.32. The molecule has 0 saturated carbocycles. The van der Waals surface area contributed by atoms with E-state index < -0.39 is 10.0 Å². The van der Waals surface area contributed by atoms with Crippen LogP contribution in [0.15, 0.2) is 0 Å². The molecule has 0 radical (unpaired) electrons. The number of rotatable bonds is 6. The summed E-state index contributed by atoms with van der Waals surface area (Å²) in [6.07, 6.45) is 6.33. The van der Waals surface area contributed by atoms with Gasteiger partial charge in [-0.25, -0.2) is 8.42 Å². The highest BCUT2D eigenvalue weighted by molar-refractivity contribution is 7.88. The van der Waals surface area contributed by atoms with Gasteiger partial charge in [-0.15, -0.1) is 0 Å². The smallest absolute Gasteiger partial charge is 0.237 e. The van der Waals surface area contributed by atoms with E-state index in [1.54, 1.807) is 0 Å². The van der Waals surface area contributed by atoms with Gasteiger partial charge >= 0.3 is 0 Å². The van der Waals surface area contributed by atoms with Gasteiger partial charge in [0.25, 0.3) is 0 Å². The zero-order valence-electron chi connectivity index (χ0n) is 13.0. The second-order valence-corrected chi connectivity index (χ2v) is 8.06. The molecule has 1 aliphatic rings. The SMILES string of the molecule is CC(C)CCN(CC(=O)N1CCCCCC1)S(C)(=O)=O. The van der Waals surface area contributed by atoms with Crippen LogP contribution in [0, 0.1) is 5.92 Å². The standard InChI is InChI=1S/C14H28N2O3S/c1-13(2)8-11-16(20(3,18)19)12-14(17)15-9-6-4-5-7-10-15/h13H,4-12H2,1-3H3. The van der Waals surface area contributed by atoms with Crippen LogP contribution >= 0.6 is 0 Å². The number of nitrogens with zero attached hydrogens (tertiary/aromatic N) is 2. The molecule has 0 aromatic carbocycles. The molecule has 0 aliphatic carbocycles. The molecule has 0 atom stereocenters. The van der Waals surface area contributed by atoms with Gasteiger partial charge in [0, 0.05) is 19.6 Å². The van der Waals surface area contributed by atoms with E-state index in [1.807, 2.05) is 4.90 Å². The molecule has 20 heavy (non-hydrogen) atoms.